The van der Waals surface area contributed by atoms with Crippen LogP contribution in [0.2, 0.25) is 0 Å². The molecule has 0 spiro atoms. The van der Waals surface area contributed by atoms with Crippen LogP contribution in [0.3, 0.4) is 0 Å². The Morgan fingerprint density at radius 2 is 1.62 bits per heavy atom. The van der Waals surface area contributed by atoms with E-state index in [0.717, 1.165) is 18.4 Å². The predicted octanol–water partition coefficient (Wildman–Crippen LogP) is 5.33. The maximum atomic E-state index is 11.4. The Labute approximate surface area is 155 Å². The minimum absolute atomic E-state index is 0.0334. The van der Waals surface area contributed by atoms with Gasteiger partial charge in [0, 0.05) is 0 Å². The zero-order valence-electron chi connectivity index (χ0n) is 15.0. The molecule has 0 aliphatic rings. The zero-order valence-corrected chi connectivity index (χ0v) is 15.8. The van der Waals surface area contributed by atoms with Crippen molar-refractivity contribution in [2.24, 2.45) is 0 Å². The lowest BCUT2D eigenvalue weighted by Crippen LogP contribution is -2.01. The van der Waals surface area contributed by atoms with Crippen molar-refractivity contribution >= 4 is 10.1 Å². The molecule has 0 atom stereocenters. The molecule has 0 amide bonds. The highest BCUT2D eigenvalue weighted by molar-refractivity contribution is 7.86. The third-order valence-electron chi connectivity index (χ3n) is 4.19. The van der Waals surface area contributed by atoms with Crippen molar-refractivity contribution < 1.29 is 22.8 Å². The van der Waals surface area contributed by atoms with Crippen molar-refractivity contribution in [3.05, 3.63) is 48.0 Å². The number of phenolic OH excluding ortho intramolecular Hbond substituents is 1. The number of rotatable bonds is 10. The second-order valence-electron chi connectivity index (χ2n) is 6.34. The van der Waals surface area contributed by atoms with Crippen molar-refractivity contribution in [2.75, 3.05) is 0 Å². The molecule has 0 fully saturated rings. The molecule has 0 heterocycles. The van der Waals surface area contributed by atoms with Gasteiger partial charge >= 0.3 is 0 Å². The minimum Gasteiger partial charge on any atom is -0.504 e. The van der Waals surface area contributed by atoms with Gasteiger partial charge in [-0.15, -0.1) is 0 Å². The van der Waals surface area contributed by atoms with E-state index in [0.29, 0.717) is 0 Å². The summed E-state index contributed by atoms with van der Waals surface area (Å²) in [5, 5.41) is 10.2. The first kappa shape index (κ1) is 20.3. The van der Waals surface area contributed by atoms with Crippen LogP contribution in [0.1, 0.15) is 51.0 Å². The molecule has 142 valence electrons. The average molecular weight is 378 g/mol. The molecule has 0 saturated carbocycles. The normalized spacial score (nSPS) is 11.5. The molecule has 0 aromatic heterocycles. The molecule has 0 aliphatic carbocycles. The maximum Gasteiger partial charge on any atom is 0.298 e. The van der Waals surface area contributed by atoms with Crippen LogP contribution in [0.25, 0.3) is 0 Å². The lowest BCUT2D eigenvalue weighted by atomic mass is 10.0. The predicted molar refractivity (Wildman–Crippen MR) is 102 cm³/mol. The molecule has 26 heavy (non-hydrogen) atoms. The fourth-order valence-corrected chi connectivity index (χ4v) is 3.39. The van der Waals surface area contributed by atoms with E-state index in [4.69, 9.17) is 4.74 Å². The highest BCUT2D eigenvalue weighted by Gasteiger charge is 2.17. The van der Waals surface area contributed by atoms with Crippen molar-refractivity contribution in [1.82, 2.24) is 0 Å². The quantitative estimate of drug-likeness (QED) is 0.431. The summed E-state index contributed by atoms with van der Waals surface area (Å²) >= 11 is 0. The second kappa shape index (κ2) is 9.59. The number of phenols is 1. The molecule has 6 heteroatoms. The van der Waals surface area contributed by atoms with Crippen LogP contribution >= 0.6 is 0 Å². The molecular weight excluding hydrogens is 352 g/mol. The monoisotopic (exact) mass is 378 g/mol. The second-order valence-corrected chi connectivity index (χ2v) is 7.73. The minimum atomic E-state index is -4.40. The van der Waals surface area contributed by atoms with Crippen molar-refractivity contribution in [3.8, 4) is 17.2 Å². The van der Waals surface area contributed by atoms with Gasteiger partial charge in [0.2, 0.25) is 0 Å². The number of aromatic hydroxyl groups is 1. The summed E-state index contributed by atoms with van der Waals surface area (Å²) in [7, 11) is -4.40. The van der Waals surface area contributed by atoms with Gasteiger partial charge in [-0.25, -0.2) is 0 Å². The van der Waals surface area contributed by atoms with Crippen molar-refractivity contribution in [1.29, 1.82) is 0 Å². The molecule has 5 nitrogen and oxygen atoms in total. The summed E-state index contributed by atoms with van der Waals surface area (Å²) in [5.74, 6) is 0.0559. The van der Waals surface area contributed by atoms with E-state index in [1.54, 1.807) is 18.2 Å². The van der Waals surface area contributed by atoms with Crippen LogP contribution in [0.15, 0.2) is 47.4 Å². The van der Waals surface area contributed by atoms with E-state index in [2.05, 4.69) is 6.92 Å². The van der Waals surface area contributed by atoms with E-state index in [-0.39, 0.29) is 22.1 Å². The summed E-state index contributed by atoms with van der Waals surface area (Å²) in [6.07, 6.45) is 8.11. The summed E-state index contributed by atoms with van der Waals surface area (Å²) < 4.78 is 37.6. The Morgan fingerprint density at radius 3 is 2.31 bits per heavy atom. The lowest BCUT2D eigenvalue weighted by Gasteiger charge is -2.11. The van der Waals surface area contributed by atoms with Gasteiger partial charge in [0.15, 0.2) is 11.5 Å². The van der Waals surface area contributed by atoms with E-state index in [9.17, 15) is 18.1 Å². The molecule has 0 aliphatic heterocycles. The lowest BCUT2D eigenvalue weighted by molar-refractivity contribution is 0.401. The van der Waals surface area contributed by atoms with Crippen molar-refractivity contribution in [3.63, 3.8) is 0 Å². The Hall–Kier alpha value is -2.05. The molecular formula is C20H26O5S. The SMILES string of the molecule is CCCCCCCCc1ccc(Oc2ccccc2S(=O)(=O)O)c(O)c1. The number of hydrogen-bond donors (Lipinski definition) is 2. The van der Waals surface area contributed by atoms with Crippen molar-refractivity contribution in [2.45, 2.75) is 56.8 Å². The fourth-order valence-electron chi connectivity index (χ4n) is 2.78. The highest BCUT2D eigenvalue weighted by Crippen LogP contribution is 2.34. The van der Waals surface area contributed by atoms with Crippen LogP contribution in [0.4, 0.5) is 0 Å². The van der Waals surface area contributed by atoms with Crippen LogP contribution in [-0.4, -0.2) is 18.1 Å². The topological polar surface area (TPSA) is 83.8 Å². The maximum absolute atomic E-state index is 11.4. The third kappa shape index (κ3) is 6.04. The summed E-state index contributed by atoms with van der Waals surface area (Å²) in [5.41, 5.74) is 1.01. The molecule has 2 N–H and O–H groups in total. The number of para-hydroxylation sites is 1. The van der Waals surface area contributed by atoms with E-state index >= 15 is 0 Å². The Balaban J connectivity index is 2.00. The van der Waals surface area contributed by atoms with Crippen LogP contribution in [0.5, 0.6) is 17.2 Å². The first-order valence-electron chi connectivity index (χ1n) is 8.98. The first-order chi connectivity index (χ1) is 12.4. The van der Waals surface area contributed by atoms with E-state index in [1.165, 1.54) is 50.3 Å². The number of aryl methyl sites for hydroxylation is 1. The third-order valence-corrected chi connectivity index (χ3v) is 5.08. The van der Waals surface area contributed by atoms with Gasteiger partial charge in [0.05, 0.1) is 0 Å². The standard InChI is InChI=1S/C20H26O5S/c1-2-3-4-5-6-7-10-16-13-14-18(17(21)15-16)25-19-11-8-9-12-20(19)26(22,23)24/h8-9,11-15,21H,2-7,10H2,1H3,(H,22,23,24). The van der Waals surface area contributed by atoms with Gasteiger partial charge in [-0.2, -0.15) is 8.42 Å². The van der Waals surface area contributed by atoms with Gasteiger partial charge < -0.3 is 9.84 Å². The van der Waals surface area contributed by atoms with E-state index in [1.807, 2.05) is 6.07 Å². The summed E-state index contributed by atoms with van der Waals surface area (Å²) in [6, 6.07) is 10.9. The van der Waals surface area contributed by atoms with Gasteiger partial charge in [0.25, 0.3) is 10.1 Å². The number of ether oxygens (including phenoxy) is 1. The first-order valence-corrected chi connectivity index (χ1v) is 10.4. The Morgan fingerprint density at radius 1 is 0.923 bits per heavy atom. The number of unbranched alkanes of at least 4 members (excludes halogenated alkanes) is 5. The Kier molecular flexibility index (Phi) is 7.48. The number of hydrogen-bond acceptors (Lipinski definition) is 4. The Bertz CT molecular complexity index is 815. The molecule has 2 aromatic rings. The van der Waals surface area contributed by atoms with Crippen LogP contribution in [-0.2, 0) is 16.5 Å². The molecule has 0 saturated heterocycles. The van der Waals surface area contributed by atoms with E-state index < -0.39 is 10.1 Å². The van der Waals surface area contributed by atoms with Crippen LogP contribution in [0, 0.1) is 0 Å². The fraction of sp³-hybridized carbons (Fsp3) is 0.400. The average Bonchev–Trinajstić information content (AvgIpc) is 2.60. The summed E-state index contributed by atoms with van der Waals surface area (Å²) in [6.45, 7) is 2.20. The van der Waals surface area contributed by atoms with Gasteiger partial charge in [-0.1, -0.05) is 57.2 Å². The molecule has 2 aromatic carbocycles. The van der Waals surface area contributed by atoms with Crippen LogP contribution < -0.4 is 4.74 Å². The van der Waals surface area contributed by atoms with Gasteiger partial charge in [0.1, 0.15) is 10.6 Å². The zero-order chi connectivity index (χ0) is 19.0. The largest absolute Gasteiger partial charge is 0.504 e. The highest BCUT2D eigenvalue weighted by atomic mass is 32.2. The molecule has 0 unspecified atom stereocenters. The van der Waals surface area contributed by atoms with Gasteiger partial charge in [-0.3, -0.25) is 4.55 Å². The summed E-state index contributed by atoms with van der Waals surface area (Å²) in [4.78, 5) is -0.337. The number of benzene rings is 2. The smallest absolute Gasteiger partial charge is 0.298 e. The molecule has 0 radical (unpaired) electrons. The molecule has 0 bridgehead atoms. The van der Waals surface area contributed by atoms with Gasteiger partial charge in [-0.05, 0) is 42.7 Å². The molecule has 2 rings (SSSR count).